The van der Waals surface area contributed by atoms with Crippen molar-refractivity contribution in [2.75, 3.05) is 19.6 Å². The van der Waals surface area contributed by atoms with Gasteiger partial charge in [0.15, 0.2) is 0 Å². The molecule has 1 N–H and O–H groups in total. The number of hydrogen-bond donors (Lipinski definition) is 1. The van der Waals surface area contributed by atoms with Gasteiger partial charge in [0.25, 0.3) is 0 Å². The maximum Gasteiger partial charge on any atom is 0.0802 e. The Bertz CT molecular complexity index is 351. The summed E-state index contributed by atoms with van der Waals surface area (Å²) < 4.78 is 0. The van der Waals surface area contributed by atoms with Gasteiger partial charge in [-0.1, -0.05) is 44.2 Å². The first-order valence-corrected chi connectivity index (χ1v) is 7.12. The van der Waals surface area contributed by atoms with Crippen LogP contribution in [0.3, 0.4) is 0 Å². The van der Waals surface area contributed by atoms with Crippen molar-refractivity contribution in [3.8, 4) is 0 Å². The van der Waals surface area contributed by atoms with Gasteiger partial charge in [0.2, 0.25) is 0 Å². The number of aliphatic hydroxyl groups is 1. The zero-order chi connectivity index (χ0) is 13.0. The van der Waals surface area contributed by atoms with Crippen LogP contribution < -0.4 is 0 Å². The Kier molecular flexibility index (Phi) is 4.79. The van der Waals surface area contributed by atoms with Gasteiger partial charge in [0, 0.05) is 13.1 Å². The van der Waals surface area contributed by atoms with Crippen LogP contribution in [0.4, 0.5) is 0 Å². The van der Waals surface area contributed by atoms with Crippen LogP contribution in [0, 0.1) is 11.8 Å². The maximum atomic E-state index is 10.1. The zero-order valence-corrected chi connectivity index (χ0v) is 11.5. The SMILES string of the molecule is CC1CCN(CCC(O)c2ccccc2)CC1C. The molecule has 1 aromatic rings. The van der Waals surface area contributed by atoms with E-state index < -0.39 is 0 Å². The third-order valence-electron chi connectivity index (χ3n) is 4.32. The molecule has 3 unspecified atom stereocenters. The molecule has 0 radical (unpaired) electrons. The standard InChI is InChI=1S/C16H25NO/c1-13-8-10-17(12-14(13)2)11-9-16(18)15-6-4-3-5-7-15/h3-7,13-14,16,18H,8-12H2,1-2H3. The summed E-state index contributed by atoms with van der Waals surface area (Å²) in [6, 6.07) is 9.98. The predicted octanol–water partition coefficient (Wildman–Crippen LogP) is 3.09. The lowest BCUT2D eigenvalue weighted by molar-refractivity contribution is 0.103. The molecule has 0 aromatic heterocycles. The van der Waals surface area contributed by atoms with Gasteiger partial charge in [-0.2, -0.15) is 0 Å². The first kappa shape index (κ1) is 13.6. The second-order valence-electron chi connectivity index (χ2n) is 5.76. The van der Waals surface area contributed by atoms with E-state index in [1.807, 2.05) is 30.3 Å². The maximum absolute atomic E-state index is 10.1. The molecule has 1 aliphatic rings. The molecule has 3 atom stereocenters. The zero-order valence-electron chi connectivity index (χ0n) is 11.5. The van der Waals surface area contributed by atoms with Crippen LogP contribution in [-0.4, -0.2) is 29.6 Å². The summed E-state index contributed by atoms with van der Waals surface area (Å²) >= 11 is 0. The van der Waals surface area contributed by atoms with Gasteiger partial charge in [-0.05, 0) is 36.8 Å². The molecule has 2 rings (SSSR count). The van der Waals surface area contributed by atoms with E-state index in [1.54, 1.807) is 0 Å². The molecule has 1 aliphatic heterocycles. The summed E-state index contributed by atoms with van der Waals surface area (Å²) in [4.78, 5) is 2.50. The summed E-state index contributed by atoms with van der Waals surface area (Å²) in [5, 5.41) is 10.1. The van der Waals surface area contributed by atoms with E-state index in [9.17, 15) is 5.11 Å². The summed E-state index contributed by atoms with van der Waals surface area (Å²) in [6.07, 6.45) is 1.81. The highest BCUT2D eigenvalue weighted by molar-refractivity contribution is 5.17. The van der Waals surface area contributed by atoms with E-state index in [4.69, 9.17) is 0 Å². The molecule has 18 heavy (non-hydrogen) atoms. The van der Waals surface area contributed by atoms with Crippen LogP contribution in [0.5, 0.6) is 0 Å². The quantitative estimate of drug-likeness (QED) is 0.884. The number of likely N-dealkylation sites (tertiary alicyclic amines) is 1. The Morgan fingerprint density at radius 1 is 1.22 bits per heavy atom. The summed E-state index contributed by atoms with van der Waals surface area (Å²) in [5.41, 5.74) is 1.04. The Hall–Kier alpha value is -0.860. The molecule has 0 saturated carbocycles. The number of rotatable bonds is 4. The van der Waals surface area contributed by atoms with Crippen molar-refractivity contribution in [1.82, 2.24) is 4.90 Å². The van der Waals surface area contributed by atoms with E-state index in [0.717, 1.165) is 30.4 Å². The number of piperidine rings is 1. The average Bonchev–Trinajstić information content (AvgIpc) is 2.41. The molecule has 0 bridgehead atoms. The van der Waals surface area contributed by atoms with Crippen molar-refractivity contribution in [2.45, 2.75) is 32.8 Å². The molecule has 0 amide bonds. The number of hydrogen-bond acceptors (Lipinski definition) is 2. The molecule has 1 fully saturated rings. The van der Waals surface area contributed by atoms with Crippen molar-refractivity contribution in [1.29, 1.82) is 0 Å². The lowest BCUT2D eigenvalue weighted by Crippen LogP contribution is -2.39. The fourth-order valence-electron chi connectivity index (χ4n) is 2.70. The van der Waals surface area contributed by atoms with Gasteiger partial charge >= 0.3 is 0 Å². The number of benzene rings is 1. The van der Waals surface area contributed by atoms with E-state index in [2.05, 4.69) is 18.7 Å². The van der Waals surface area contributed by atoms with Crippen molar-refractivity contribution in [3.63, 3.8) is 0 Å². The van der Waals surface area contributed by atoms with Crippen molar-refractivity contribution in [2.24, 2.45) is 11.8 Å². The highest BCUT2D eigenvalue weighted by Crippen LogP contribution is 2.24. The second kappa shape index (κ2) is 6.35. The summed E-state index contributed by atoms with van der Waals surface area (Å²) in [6.45, 7) is 8.06. The topological polar surface area (TPSA) is 23.5 Å². The third-order valence-corrected chi connectivity index (χ3v) is 4.32. The average molecular weight is 247 g/mol. The van der Waals surface area contributed by atoms with E-state index in [-0.39, 0.29) is 6.10 Å². The van der Waals surface area contributed by atoms with E-state index >= 15 is 0 Å². The van der Waals surface area contributed by atoms with Gasteiger partial charge < -0.3 is 10.0 Å². The van der Waals surface area contributed by atoms with Crippen LogP contribution in [0.25, 0.3) is 0 Å². The highest BCUT2D eigenvalue weighted by atomic mass is 16.3. The van der Waals surface area contributed by atoms with Crippen molar-refractivity contribution < 1.29 is 5.11 Å². The van der Waals surface area contributed by atoms with Gasteiger partial charge in [-0.25, -0.2) is 0 Å². The van der Waals surface area contributed by atoms with Crippen LogP contribution in [0.1, 0.15) is 38.4 Å². The van der Waals surface area contributed by atoms with Crippen molar-refractivity contribution >= 4 is 0 Å². The normalized spacial score (nSPS) is 27.1. The minimum absolute atomic E-state index is 0.319. The third kappa shape index (κ3) is 3.56. The number of aliphatic hydroxyl groups excluding tert-OH is 1. The van der Waals surface area contributed by atoms with Crippen LogP contribution in [0.15, 0.2) is 30.3 Å². The van der Waals surface area contributed by atoms with Crippen LogP contribution in [-0.2, 0) is 0 Å². The van der Waals surface area contributed by atoms with Gasteiger partial charge in [-0.3, -0.25) is 0 Å². The molecule has 2 heteroatoms. The summed E-state index contributed by atoms with van der Waals surface area (Å²) in [7, 11) is 0. The largest absolute Gasteiger partial charge is 0.388 e. The van der Waals surface area contributed by atoms with Crippen LogP contribution >= 0.6 is 0 Å². The fraction of sp³-hybridized carbons (Fsp3) is 0.625. The van der Waals surface area contributed by atoms with Crippen molar-refractivity contribution in [3.05, 3.63) is 35.9 Å². The molecule has 1 heterocycles. The second-order valence-corrected chi connectivity index (χ2v) is 5.76. The van der Waals surface area contributed by atoms with E-state index in [0.29, 0.717) is 0 Å². The highest BCUT2D eigenvalue weighted by Gasteiger charge is 2.22. The van der Waals surface area contributed by atoms with Gasteiger partial charge in [0.05, 0.1) is 6.10 Å². The molecule has 1 aromatic carbocycles. The Morgan fingerprint density at radius 2 is 1.94 bits per heavy atom. The Morgan fingerprint density at radius 3 is 2.61 bits per heavy atom. The van der Waals surface area contributed by atoms with E-state index in [1.165, 1.54) is 19.5 Å². The molecule has 2 nitrogen and oxygen atoms in total. The number of nitrogens with zero attached hydrogens (tertiary/aromatic N) is 1. The van der Waals surface area contributed by atoms with Gasteiger partial charge in [-0.15, -0.1) is 0 Å². The van der Waals surface area contributed by atoms with Crippen LogP contribution in [0.2, 0.25) is 0 Å². The molecule has 100 valence electrons. The summed E-state index contributed by atoms with van der Waals surface area (Å²) in [5.74, 6) is 1.63. The first-order chi connectivity index (χ1) is 8.66. The lowest BCUT2D eigenvalue weighted by Gasteiger charge is -2.35. The molecule has 0 spiro atoms. The smallest absolute Gasteiger partial charge is 0.0802 e. The molecular formula is C16H25NO. The Balaban J connectivity index is 1.78. The fourth-order valence-corrected chi connectivity index (χ4v) is 2.70. The molecule has 1 saturated heterocycles. The predicted molar refractivity (Wildman–Crippen MR) is 75.4 cm³/mol. The first-order valence-electron chi connectivity index (χ1n) is 7.12. The molecule has 0 aliphatic carbocycles. The lowest BCUT2D eigenvalue weighted by atomic mass is 9.88. The monoisotopic (exact) mass is 247 g/mol. The minimum atomic E-state index is -0.319. The van der Waals surface area contributed by atoms with Gasteiger partial charge in [0.1, 0.15) is 0 Å². The minimum Gasteiger partial charge on any atom is -0.388 e. The Labute approximate surface area is 111 Å². The molecular weight excluding hydrogens is 222 g/mol.